The highest BCUT2D eigenvalue weighted by Gasteiger charge is 2.25. The molecular formula is C19H18ClF2N3O2. The normalized spacial score (nSPS) is 14.7. The highest BCUT2D eigenvalue weighted by molar-refractivity contribution is 6.33. The maximum Gasteiger partial charge on any atom is 0.321 e. The highest BCUT2D eigenvalue weighted by atomic mass is 35.5. The highest BCUT2D eigenvalue weighted by Crippen LogP contribution is 2.21. The van der Waals surface area contributed by atoms with Crippen molar-refractivity contribution in [2.45, 2.75) is 18.9 Å². The van der Waals surface area contributed by atoms with Crippen LogP contribution in [0.25, 0.3) is 0 Å². The number of rotatable bonds is 3. The Kier molecular flexibility index (Phi) is 5.91. The van der Waals surface area contributed by atoms with Crippen LogP contribution in [0.4, 0.5) is 19.3 Å². The number of carbonyl (C=O) groups excluding carboxylic acids is 2. The molecule has 8 heteroatoms. The lowest BCUT2D eigenvalue weighted by Crippen LogP contribution is -2.47. The summed E-state index contributed by atoms with van der Waals surface area (Å²) < 4.78 is 26.5. The first-order valence-corrected chi connectivity index (χ1v) is 8.88. The van der Waals surface area contributed by atoms with Crippen LogP contribution >= 0.6 is 11.6 Å². The summed E-state index contributed by atoms with van der Waals surface area (Å²) >= 11 is 5.83. The Labute approximate surface area is 160 Å². The second kappa shape index (κ2) is 8.35. The predicted molar refractivity (Wildman–Crippen MR) is 98.9 cm³/mol. The maximum absolute atomic E-state index is 13.4. The molecule has 142 valence electrons. The average molecular weight is 394 g/mol. The summed E-state index contributed by atoms with van der Waals surface area (Å²) in [4.78, 5) is 26.2. The van der Waals surface area contributed by atoms with Crippen molar-refractivity contribution in [3.63, 3.8) is 0 Å². The van der Waals surface area contributed by atoms with Gasteiger partial charge in [-0.15, -0.1) is 0 Å². The molecule has 0 unspecified atom stereocenters. The third kappa shape index (κ3) is 4.74. The van der Waals surface area contributed by atoms with Crippen LogP contribution in [-0.2, 0) is 0 Å². The van der Waals surface area contributed by atoms with E-state index < -0.39 is 17.5 Å². The quantitative estimate of drug-likeness (QED) is 0.773. The van der Waals surface area contributed by atoms with E-state index in [1.165, 1.54) is 0 Å². The first kappa shape index (κ1) is 19.1. The Balaban J connectivity index is 1.53. The summed E-state index contributed by atoms with van der Waals surface area (Å²) in [5.41, 5.74) is 0.603. The molecule has 0 saturated carbocycles. The van der Waals surface area contributed by atoms with Crippen molar-refractivity contribution in [2.24, 2.45) is 0 Å². The molecule has 0 spiro atoms. The fraction of sp³-hybridized carbons (Fsp3) is 0.263. The molecule has 1 heterocycles. The zero-order valence-corrected chi connectivity index (χ0v) is 15.1. The van der Waals surface area contributed by atoms with Gasteiger partial charge in [-0.25, -0.2) is 13.6 Å². The summed E-state index contributed by atoms with van der Waals surface area (Å²) in [6.45, 7) is 0.935. The Bertz CT molecular complexity index is 840. The third-order valence-corrected chi connectivity index (χ3v) is 4.71. The lowest BCUT2D eigenvalue weighted by atomic mass is 10.0. The first-order chi connectivity index (χ1) is 12.9. The molecule has 2 aromatic carbocycles. The van der Waals surface area contributed by atoms with Gasteiger partial charge in [0, 0.05) is 24.8 Å². The molecule has 1 fully saturated rings. The van der Waals surface area contributed by atoms with E-state index >= 15 is 0 Å². The molecule has 0 aromatic heterocycles. The van der Waals surface area contributed by atoms with E-state index in [-0.39, 0.29) is 22.7 Å². The van der Waals surface area contributed by atoms with Crippen LogP contribution in [0.15, 0.2) is 42.5 Å². The minimum absolute atomic E-state index is 0.111. The van der Waals surface area contributed by atoms with Crippen LogP contribution in [0.2, 0.25) is 5.02 Å². The molecule has 3 rings (SSSR count). The Morgan fingerprint density at radius 3 is 2.33 bits per heavy atom. The van der Waals surface area contributed by atoms with Gasteiger partial charge in [-0.05, 0) is 37.1 Å². The van der Waals surface area contributed by atoms with Crippen LogP contribution < -0.4 is 10.6 Å². The van der Waals surface area contributed by atoms with Crippen molar-refractivity contribution in [2.75, 3.05) is 18.4 Å². The molecule has 1 aliphatic rings. The summed E-state index contributed by atoms with van der Waals surface area (Å²) in [7, 11) is 0. The lowest BCUT2D eigenvalue weighted by Gasteiger charge is -2.32. The number of hydrogen-bond donors (Lipinski definition) is 2. The van der Waals surface area contributed by atoms with E-state index in [0.717, 1.165) is 12.1 Å². The summed E-state index contributed by atoms with van der Waals surface area (Å²) in [6, 6.07) is 10.3. The van der Waals surface area contributed by atoms with Crippen molar-refractivity contribution >= 4 is 29.2 Å². The molecule has 1 saturated heterocycles. The minimum Gasteiger partial charge on any atom is -0.349 e. The zero-order valence-electron chi connectivity index (χ0n) is 14.3. The average Bonchev–Trinajstić information content (AvgIpc) is 2.66. The molecule has 2 aromatic rings. The topological polar surface area (TPSA) is 61.4 Å². The Hall–Kier alpha value is -2.67. The Morgan fingerprint density at radius 1 is 1.04 bits per heavy atom. The fourth-order valence-electron chi connectivity index (χ4n) is 2.91. The Morgan fingerprint density at radius 2 is 1.67 bits per heavy atom. The van der Waals surface area contributed by atoms with Crippen molar-refractivity contribution in [1.29, 1.82) is 0 Å². The lowest BCUT2D eigenvalue weighted by molar-refractivity contribution is 0.0919. The van der Waals surface area contributed by atoms with Gasteiger partial charge in [0.25, 0.3) is 5.91 Å². The van der Waals surface area contributed by atoms with E-state index in [4.69, 9.17) is 11.6 Å². The largest absolute Gasteiger partial charge is 0.349 e. The van der Waals surface area contributed by atoms with Gasteiger partial charge in [0.05, 0.1) is 10.6 Å². The molecule has 0 atom stereocenters. The monoisotopic (exact) mass is 393 g/mol. The number of anilines is 1. The van der Waals surface area contributed by atoms with Gasteiger partial charge in [0.15, 0.2) is 11.6 Å². The molecule has 2 N–H and O–H groups in total. The molecule has 27 heavy (non-hydrogen) atoms. The van der Waals surface area contributed by atoms with Crippen LogP contribution in [0.3, 0.4) is 0 Å². The number of amides is 3. The van der Waals surface area contributed by atoms with Gasteiger partial charge in [-0.2, -0.15) is 0 Å². The summed E-state index contributed by atoms with van der Waals surface area (Å²) in [6.07, 6.45) is 1.10. The standard InChI is InChI=1S/C19H18ClF2N3O2/c20-15-11-17(22)16(21)10-14(15)18(26)23-13-6-8-25(9-7-13)19(27)24-12-4-2-1-3-5-12/h1-5,10-11,13H,6-9H2,(H,23,26)(H,24,27). The first-order valence-electron chi connectivity index (χ1n) is 8.50. The number of urea groups is 1. The second-order valence-corrected chi connectivity index (χ2v) is 6.68. The molecule has 0 aliphatic carbocycles. The molecule has 0 radical (unpaired) electrons. The predicted octanol–water partition coefficient (Wildman–Crippen LogP) is 4.04. The van der Waals surface area contributed by atoms with Gasteiger partial charge >= 0.3 is 6.03 Å². The number of carbonyl (C=O) groups is 2. The number of hydrogen-bond acceptors (Lipinski definition) is 2. The third-order valence-electron chi connectivity index (χ3n) is 4.40. The van der Waals surface area contributed by atoms with Crippen molar-refractivity contribution in [3.05, 3.63) is 64.7 Å². The van der Waals surface area contributed by atoms with E-state index in [9.17, 15) is 18.4 Å². The van der Waals surface area contributed by atoms with E-state index in [1.54, 1.807) is 17.0 Å². The van der Waals surface area contributed by atoms with Gasteiger partial charge < -0.3 is 15.5 Å². The number of nitrogens with one attached hydrogen (secondary N) is 2. The van der Waals surface area contributed by atoms with Gasteiger partial charge in [-0.3, -0.25) is 4.79 Å². The number of nitrogens with zero attached hydrogens (tertiary/aromatic N) is 1. The number of piperidine rings is 1. The van der Waals surface area contributed by atoms with Crippen LogP contribution in [0, 0.1) is 11.6 Å². The zero-order chi connectivity index (χ0) is 19.4. The van der Waals surface area contributed by atoms with Crippen LogP contribution in [-0.4, -0.2) is 36.0 Å². The number of para-hydroxylation sites is 1. The molecule has 1 aliphatic heterocycles. The van der Waals surface area contributed by atoms with E-state index in [2.05, 4.69) is 10.6 Å². The number of halogens is 3. The molecule has 0 bridgehead atoms. The summed E-state index contributed by atoms with van der Waals surface area (Å²) in [5, 5.41) is 5.43. The van der Waals surface area contributed by atoms with Crippen LogP contribution in [0.1, 0.15) is 23.2 Å². The van der Waals surface area contributed by atoms with E-state index in [1.807, 2.05) is 18.2 Å². The second-order valence-electron chi connectivity index (χ2n) is 6.28. The molecule has 3 amide bonds. The minimum atomic E-state index is -1.13. The van der Waals surface area contributed by atoms with Gasteiger partial charge in [0.2, 0.25) is 0 Å². The fourth-order valence-corrected chi connectivity index (χ4v) is 3.15. The SMILES string of the molecule is O=C(NC1CCN(C(=O)Nc2ccccc2)CC1)c1cc(F)c(F)cc1Cl. The van der Waals surface area contributed by atoms with Crippen molar-refractivity contribution in [3.8, 4) is 0 Å². The van der Waals surface area contributed by atoms with Crippen LogP contribution in [0.5, 0.6) is 0 Å². The molecule has 5 nitrogen and oxygen atoms in total. The number of likely N-dealkylation sites (tertiary alicyclic amines) is 1. The number of benzene rings is 2. The van der Waals surface area contributed by atoms with Crippen molar-refractivity contribution in [1.82, 2.24) is 10.2 Å². The molecular weight excluding hydrogens is 376 g/mol. The smallest absolute Gasteiger partial charge is 0.321 e. The summed E-state index contributed by atoms with van der Waals surface area (Å²) in [5.74, 6) is -2.79. The maximum atomic E-state index is 13.4. The van der Waals surface area contributed by atoms with Crippen molar-refractivity contribution < 1.29 is 18.4 Å². The van der Waals surface area contributed by atoms with Gasteiger partial charge in [-0.1, -0.05) is 29.8 Å². The van der Waals surface area contributed by atoms with Gasteiger partial charge in [0.1, 0.15) is 0 Å². The van der Waals surface area contributed by atoms with E-state index in [0.29, 0.717) is 31.6 Å².